The first kappa shape index (κ1) is 18.4. The number of rotatable bonds is 6. The van der Waals surface area contributed by atoms with E-state index in [4.69, 9.17) is 5.73 Å². The minimum atomic E-state index is -0.994. The molecular formula is C16H21N3O4S. The van der Waals surface area contributed by atoms with E-state index in [1.54, 1.807) is 38.1 Å². The highest BCUT2D eigenvalue weighted by Gasteiger charge is 2.47. The van der Waals surface area contributed by atoms with E-state index in [9.17, 15) is 19.5 Å². The van der Waals surface area contributed by atoms with Crippen LogP contribution in [0.2, 0.25) is 0 Å². The second-order valence-corrected chi connectivity index (χ2v) is 7.93. The molecule has 2 rings (SSSR count). The van der Waals surface area contributed by atoms with E-state index in [1.165, 1.54) is 11.8 Å². The number of hydrogen-bond acceptors (Lipinski definition) is 6. The summed E-state index contributed by atoms with van der Waals surface area (Å²) >= 11 is 1.31. The smallest absolute Gasteiger partial charge is 0.322 e. The molecule has 130 valence electrons. The summed E-state index contributed by atoms with van der Waals surface area (Å²) in [5.74, 6) is -1.48. The normalized spacial score (nSPS) is 24.8. The number of carbonyl (C=O) groups excluding carboxylic acids is 2. The fourth-order valence-electron chi connectivity index (χ4n) is 2.59. The van der Waals surface area contributed by atoms with Crippen LogP contribution in [-0.4, -0.2) is 45.5 Å². The van der Waals surface area contributed by atoms with Crippen LogP contribution in [0.4, 0.5) is 0 Å². The second-order valence-electron chi connectivity index (χ2n) is 6.14. The van der Waals surface area contributed by atoms with Gasteiger partial charge in [-0.3, -0.25) is 14.9 Å². The largest absolute Gasteiger partial charge is 0.480 e. The van der Waals surface area contributed by atoms with Crippen molar-refractivity contribution in [1.29, 1.82) is 0 Å². The molecule has 0 radical (unpaired) electrons. The maximum Gasteiger partial charge on any atom is 0.322 e. The van der Waals surface area contributed by atoms with Crippen molar-refractivity contribution in [2.75, 3.05) is 0 Å². The SMILES string of the molecule is CC1(C)S[C@@H]([C@H](C=O)NC(=O)[C@@H](N)c2ccccc2)N[C@H]1C(=O)O. The van der Waals surface area contributed by atoms with Crippen molar-refractivity contribution in [3.05, 3.63) is 35.9 Å². The molecule has 1 aromatic rings. The van der Waals surface area contributed by atoms with Gasteiger partial charge in [-0.15, -0.1) is 11.8 Å². The predicted molar refractivity (Wildman–Crippen MR) is 91.4 cm³/mol. The lowest BCUT2D eigenvalue weighted by Gasteiger charge is -2.22. The number of amides is 1. The molecule has 4 atom stereocenters. The van der Waals surface area contributed by atoms with E-state index < -0.39 is 40.1 Å². The highest BCUT2D eigenvalue weighted by atomic mass is 32.2. The molecule has 1 aromatic carbocycles. The fourth-order valence-corrected chi connectivity index (χ4v) is 4.03. The fraction of sp³-hybridized carbons (Fsp3) is 0.438. The Kier molecular flexibility index (Phi) is 5.63. The van der Waals surface area contributed by atoms with E-state index in [0.29, 0.717) is 11.8 Å². The van der Waals surface area contributed by atoms with Gasteiger partial charge in [0.25, 0.3) is 0 Å². The highest BCUT2D eigenvalue weighted by Crippen LogP contribution is 2.38. The maximum atomic E-state index is 12.3. The number of aldehydes is 1. The lowest BCUT2D eigenvalue weighted by atomic mass is 10.0. The number of thioether (sulfide) groups is 1. The molecule has 0 saturated carbocycles. The summed E-state index contributed by atoms with van der Waals surface area (Å²) in [6.45, 7) is 3.56. The summed E-state index contributed by atoms with van der Waals surface area (Å²) in [5.41, 5.74) is 6.55. The Labute approximate surface area is 144 Å². The van der Waals surface area contributed by atoms with Crippen molar-refractivity contribution in [3.63, 3.8) is 0 Å². The van der Waals surface area contributed by atoms with Crippen LogP contribution in [0.25, 0.3) is 0 Å². The molecule has 0 bridgehead atoms. The molecule has 5 N–H and O–H groups in total. The standard InChI is InChI=1S/C16H21N3O4S/c1-16(2)12(15(22)23)19-14(24-16)10(8-20)18-13(21)11(17)9-6-4-3-5-7-9/h3-8,10-12,14,19H,17H2,1-2H3,(H,18,21)(H,22,23)/t10-,11-,12-,14-/m0/s1. The molecule has 0 spiro atoms. The first-order valence-electron chi connectivity index (χ1n) is 7.49. The van der Waals surface area contributed by atoms with Gasteiger partial charge in [-0.1, -0.05) is 30.3 Å². The quantitative estimate of drug-likeness (QED) is 0.543. The van der Waals surface area contributed by atoms with E-state index in [2.05, 4.69) is 10.6 Å². The topological polar surface area (TPSA) is 122 Å². The molecule has 8 heteroatoms. The predicted octanol–water partition coefficient (Wildman–Crippen LogP) is 0.264. The molecule has 1 aliphatic rings. The maximum absolute atomic E-state index is 12.3. The van der Waals surface area contributed by atoms with Crippen LogP contribution in [0.1, 0.15) is 25.5 Å². The molecule has 0 aromatic heterocycles. The molecule has 1 amide bonds. The summed E-state index contributed by atoms with van der Waals surface area (Å²) < 4.78 is -0.607. The van der Waals surface area contributed by atoms with Crippen molar-refractivity contribution >= 4 is 29.9 Å². The summed E-state index contributed by atoms with van der Waals surface area (Å²) in [4.78, 5) is 35.0. The van der Waals surface area contributed by atoms with Crippen LogP contribution in [0.15, 0.2) is 30.3 Å². The summed E-state index contributed by atoms with van der Waals surface area (Å²) in [6, 6.07) is 6.23. The van der Waals surface area contributed by atoms with Crippen molar-refractivity contribution in [3.8, 4) is 0 Å². The average molecular weight is 351 g/mol. The van der Waals surface area contributed by atoms with Crippen LogP contribution in [0, 0.1) is 0 Å². The van der Waals surface area contributed by atoms with Crippen LogP contribution in [-0.2, 0) is 14.4 Å². The molecule has 7 nitrogen and oxygen atoms in total. The Bertz CT molecular complexity index is 623. The second kappa shape index (κ2) is 7.33. The Morgan fingerprint density at radius 3 is 2.50 bits per heavy atom. The lowest BCUT2D eigenvalue weighted by molar-refractivity contribution is -0.140. The minimum absolute atomic E-state index is 0.489. The zero-order valence-electron chi connectivity index (χ0n) is 13.4. The summed E-state index contributed by atoms with van der Waals surface area (Å²) in [5, 5.41) is 14.2. The van der Waals surface area contributed by atoms with Gasteiger partial charge in [0.1, 0.15) is 24.4 Å². The van der Waals surface area contributed by atoms with E-state index in [-0.39, 0.29) is 0 Å². The molecule has 0 unspecified atom stereocenters. The first-order chi connectivity index (χ1) is 11.3. The van der Waals surface area contributed by atoms with Gasteiger partial charge in [-0.25, -0.2) is 0 Å². The minimum Gasteiger partial charge on any atom is -0.480 e. The number of carboxylic acid groups (broad SMARTS) is 1. The van der Waals surface area contributed by atoms with E-state index >= 15 is 0 Å². The number of nitrogens with two attached hydrogens (primary N) is 1. The third-order valence-electron chi connectivity index (χ3n) is 3.93. The Balaban J connectivity index is 2.06. The highest BCUT2D eigenvalue weighted by molar-refractivity contribution is 8.01. The molecule has 1 aliphatic heterocycles. The zero-order valence-corrected chi connectivity index (χ0v) is 14.2. The number of nitrogens with one attached hydrogen (secondary N) is 2. The van der Waals surface area contributed by atoms with E-state index in [0.717, 1.165) is 0 Å². The van der Waals surface area contributed by atoms with Gasteiger partial charge in [0.2, 0.25) is 5.91 Å². The number of carboxylic acids is 1. The van der Waals surface area contributed by atoms with Crippen LogP contribution < -0.4 is 16.4 Å². The van der Waals surface area contributed by atoms with E-state index in [1.807, 2.05) is 6.07 Å². The molecule has 1 fully saturated rings. The van der Waals surface area contributed by atoms with Crippen LogP contribution in [0.5, 0.6) is 0 Å². The van der Waals surface area contributed by atoms with Gasteiger partial charge in [0, 0.05) is 4.75 Å². The third kappa shape index (κ3) is 3.95. The first-order valence-corrected chi connectivity index (χ1v) is 8.37. The lowest BCUT2D eigenvalue weighted by Crippen LogP contribution is -2.52. The van der Waals surface area contributed by atoms with Gasteiger partial charge < -0.3 is 21.0 Å². The number of aliphatic carboxylic acids is 1. The number of hydrogen-bond donors (Lipinski definition) is 4. The van der Waals surface area contributed by atoms with Gasteiger partial charge in [0.05, 0.1) is 5.37 Å². The van der Waals surface area contributed by atoms with Gasteiger partial charge >= 0.3 is 5.97 Å². The van der Waals surface area contributed by atoms with Gasteiger partial charge in [-0.05, 0) is 19.4 Å². The Morgan fingerprint density at radius 2 is 2.00 bits per heavy atom. The monoisotopic (exact) mass is 351 g/mol. The number of carbonyl (C=O) groups is 3. The molecule has 1 saturated heterocycles. The van der Waals surface area contributed by atoms with Crippen LogP contribution in [0.3, 0.4) is 0 Å². The van der Waals surface area contributed by atoms with Crippen molar-refractivity contribution in [2.24, 2.45) is 5.73 Å². The van der Waals surface area contributed by atoms with Gasteiger partial charge in [0.15, 0.2) is 0 Å². The van der Waals surface area contributed by atoms with Gasteiger partial charge in [-0.2, -0.15) is 0 Å². The molecule has 1 heterocycles. The Hall–Kier alpha value is -1.90. The number of benzene rings is 1. The van der Waals surface area contributed by atoms with Crippen molar-refractivity contribution in [2.45, 2.75) is 42.1 Å². The summed E-state index contributed by atoms with van der Waals surface area (Å²) in [7, 11) is 0. The third-order valence-corrected chi connectivity index (χ3v) is 5.45. The molecule has 24 heavy (non-hydrogen) atoms. The van der Waals surface area contributed by atoms with Crippen molar-refractivity contribution < 1.29 is 19.5 Å². The van der Waals surface area contributed by atoms with Crippen LogP contribution >= 0.6 is 11.8 Å². The summed E-state index contributed by atoms with van der Waals surface area (Å²) in [6.07, 6.45) is 0.598. The van der Waals surface area contributed by atoms with Crippen molar-refractivity contribution in [1.82, 2.24) is 10.6 Å². The average Bonchev–Trinajstić information content (AvgIpc) is 2.88. The Morgan fingerprint density at radius 1 is 1.38 bits per heavy atom. The molecular weight excluding hydrogens is 330 g/mol. The zero-order chi connectivity index (χ0) is 17.9. The molecule has 0 aliphatic carbocycles.